The number of carbonyl (C=O) groups is 4. The fourth-order valence-electron chi connectivity index (χ4n) is 4.83. The van der Waals surface area contributed by atoms with Crippen LogP contribution in [0, 0.1) is 0 Å². The van der Waals surface area contributed by atoms with E-state index in [9.17, 15) is 19.2 Å². The van der Waals surface area contributed by atoms with Crippen LogP contribution < -0.4 is 14.2 Å². The zero-order chi connectivity index (χ0) is 30.1. The largest absolute Gasteiger partial charge is 0.490 e. The Bertz CT molecular complexity index is 1660. The molecule has 0 saturated carbocycles. The first-order valence-corrected chi connectivity index (χ1v) is 14.0. The zero-order valence-electron chi connectivity index (χ0n) is 22.4. The van der Waals surface area contributed by atoms with E-state index in [1.54, 1.807) is 60.7 Å². The molecule has 0 fully saturated rings. The number of carbonyl (C=O) groups excluding carboxylic acids is 4. The normalized spacial score (nSPS) is 13.8. The number of ether oxygens (including phenoxy) is 3. The number of benzene rings is 4. The molecule has 4 aromatic rings. The minimum absolute atomic E-state index is 0.0364. The van der Waals surface area contributed by atoms with Gasteiger partial charge in [0.2, 0.25) is 0 Å². The highest BCUT2D eigenvalue weighted by Crippen LogP contribution is 2.33. The van der Waals surface area contributed by atoms with E-state index in [2.05, 4.69) is 0 Å². The van der Waals surface area contributed by atoms with Crippen molar-refractivity contribution in [1.29, 1.82) is 0 Å². The van der Waals surface area contributed by atoms with E-state index in [-0.39, 0.29) is 60.1 Å². The van der Waals surface area contributed by atoms with E-state index < -0.39 is 23.6 Å². The van der Waals surface area contributed by atoms with Gasteiger partial charge in [-0.15, -0.1) is 0 Å². The lowest BCUT2D eigenvalue weighted by Crippen LogP contribution is -2.33. The summed E-state index contributed by atoms with van der Waals surface area (Å²) in [7, 11) is 0. The molecule has 43 heavy (non-hydrogen) atoms. The van der Waals surface area contributed by atoms with E-state index >= 15 is 0 Å². The number of hydrogen-bond acceptors (Lipinski definition) is 7. The van der Waals surface area contributed by atoms with Gasteiger partial charge in [-0.05, 0) is 60.7 Å². The third-order valence-electron chi connectivity index (χ3n) is 6.94. The van der Waals surface area contributed by atoms with Crippen LogP contribution in [-0.2, 0) is 0 Å². The van der Waals surface area contributed by atoms with Crippen molar-refractivity contribution in [3.8, 4) is 23.0 Å². The first-order valence-electron chi connectivity index (χ1n) is 13.2. The predicted octanol–water partition coefficient (Wildman–Crippen LogP) is 6.14. The van der Waals surface area contributed by atoms with Gasteiger partial charge in [0.05, 0.1) is 45.4 Å². The first kappa shape index (κ1) is 28.3. The Labute approximate surface area is 256 Å². The fraction of sp³-hybridized carbons (Fsp3) is 0.125. The van der Waals surface area contributed by atoms with Gasteiger partial charge in [-0.1, -0.05) is 47.5 Å². The van der Waals surface area contributed by atoms with Crippen LogP contribution in [0.2, 0.25) is 10.0 Å². The zero-order valence-corrected chi connectivity index (χ0v) is 23.9. The molecular weight excluding hydrogens is 595 g/mol. The van der Waals surface area contributed by atoms with Crippen LogP contribution >= 0.6 is 23.2 Å². The lowest BCUT2D eigenvalue weighted by molar-refractivity contribution is 0.0617. The third kappa shape index (κ3) is 5.52. The van der Waals surface area contributed by atoms with Crippen LogP contribution in [0.25, 0.3) is 0 Å². The number of fused-ring (bicyclic) bond motifs is 2. The van der Waals surface area contributed by atoms with Gasteiger partial charge >= 0.3 is 0 Å². The van der Waals surface area contributed by atoms with Crippen LogP contribution in [0.1, 0.15) is 41.4 Å². The Kier molecular flexibility index (Phi) is 7.75. The lowest BCUT2D eigenvalue weighted by Gasteiger charge is -2.14. The average Bonchev–Trinajstić information content (AvgIpc) is 3.38. The quantitative estimate of drug-likeness (QED) is 0.197. The Morgan fingerprint density at radius 3 is 1.33 bits per heavy atom. The highest BCUT2D eigenvalue weighted by molar-refractivity contribution is 6.32. The van der Waals surface area contributed by atoms with Crippen LogP contribution in [0.3, 0.4) is 0 Å². The Morgan fingerprint density at radius 1 is 0.512 bits per heavy atom. The van der Waals surface area contributed by atoms with Crippen molar-refractivity contribution < 1.29 is 33.4 Å². The van der Waals surface area contributed by atoms with Crippen LogP contribution in [0.4, 0.5) is 0 Å². The van der Waals surface area contributed by atoms with Crippen molar-refractivity contribution in [2.24, 2.45) is 0 Å². The summed E-state index contributed by atoms with van der Waals surface area (Å²) in [4.78, 5) is 54.1. The second-order valence-electron chi connectivity index (χ2n) is 9.60. The van der Waals surface area contributed by atoms with Crippen molar-refractivity contribution in [2.45, 2.75) is 0 Å². The number of nitrogens with zero attached hydrogens (tertiary/aromatic N) is 2. The number of rotatable bonds is 10. The minimum atomic E-state index is -0.474. The highest BCUT2D eigenvalue weighted by atomic mass is 35.5. The molecular formula is C32H22Cl2N2O7. The first-order chi connectivity index (χ1) is 20.8. The molecule has 0 aliphatic carbocycles. The van der Waals surface area contributed by atoms with E-state index in [1.165, 1.54) is 24.3 Å². The van der Waals surface area contributed by atoms with Crippen LogP contribution in [0.5, 0.6) is 23.0 Å². The fourth-order valence-corrected chi connectivity index (χ4v) is 5.21. The van der Waals surface area contributed by atoms with E-state index in [1.807, 2.05) is 0 Å². The summed E-state index contributed by atoms with van der Waals surface area (Å²) in [5.41, 5.74) is 0.883. The molecule has 0 spiro atoms. The highest BCUT2D eigenvalue weighted by Gasteiger charge is 2.37. The molecule has 9 nitrogen and oxygen atoms in total. The Morgan fingerprint density at radius 2 is 0.907 bits per heavy atom. The summed E-state index contributed by atoms with van der Waals surface area (Å²) in [6.07, 6.45) is 0. The van der Waals surface area contributed by atoms with E-state index in [0.29, 0.717) is 21.5 Å². The summed E-state index contributed by atoms with van der Waals surface area (Å²) in [5, 5.41) is 0.860. The van der Waals surface area contributed by atoms with Gasteiger partial charge in [0.1, 0.15) is 36.2 Å². The topological polar surface area (TPSA) is 102 Å². The molecule has 0 radical (unpaired) electrons. The van der Waals surface area contributed by atoms with Crippen molar-refractivity contribution in [3.63, 3.8) is 0 Å². The molecule has 11 heteroatoms. The van der Waals surface area contributed by atoms with Gasteiger partial charge in [0.25, 0.3) is 23.6 Å². The number of hydrogen-bond donors (Lipinski definition) is 0. The van der Waals surface area contributed by atoms with Crippen molar-refractivity contribution in [2.75, 3.05) is 26.3 Å². The summed E-state index contributed by atoms with van der Waals surface area (Å²) in [6.45, 7) is 0.219. The van der Waals surface area contributed by atoms with Crippen molar-refractivity contribution in [3.05, 3.63) is 117 Å². The van der Waals surface area contributed by atoms with Gasteiger partial charge in [0, 0.05) is 0 Å². The number of amides is 4. The van der Waals surface area contributed by atoms with Gasteiger partial charge in [-0.2, -0.15) is 0 Å². The summed E-state index contributed by atoms with van der Waals surface area (Å²) < 4.78 is 17.2. The standard InChI is InChI=1S/C32H22Cl2N2O7/c33-25-5-1-3-7-27(25)41-15-13-35-29(37)21-11-9-19(17-23(21)31(35)39)43-20-10-12-22-24(18-20)32(40)36(30(22)38)14-16-42-28-8-4-2-6-26(28)34/h1-12,17-18H,13-16H2. The van der Waals surface area contributed by atoms with E-state index in [0.717, 1.165) is 9.80 Å². The molecule has 2 aliphatic heterocycles. The average molecular weight is 617 g/mol. The molecule has 0 atom stereocenters. The lowest BCUT2D eigenvalue weighted by atomic mass is 10.1. The summed E-state index contributed by atoms with van der Waals surface area (Å²) in [6, 6.07) is 23.0. The second kappa shape index (κ2) is 11.8. The van der Waals surface area contributed by atoms with E-state index in [4.69, 9.17) is 37.4 Å². The maximum atomic E-state index is 13.0. The summed E-state index contributed by atoms with van der Waals surface area (Å²) >= 11 is 12.2. The molecule has 216 valence electrons. The van der Waals surface area contributed by atoms with Crippen molar-refractivity contribution >= 4 is 46.8 Å². The molecule has 0 aromatic heterocycles. The maximum Gasteiger partial charge on any atom is 0.261 e. The molecule has 0 bridgehead atoms. The molecule has 4 aromatic carbocycles. The van der Waals surface area contributed by atoms with Crippen LogP contribution in [0.15, 0.2) is 84.9 Å². The van der Waals surface area contributed by atoms with Gasteiger partial charge < -0.3 is 14.2 Å². The van der Waals surface area contributed by atoms with Gasteiger partial charge in [0.15, 0.2) is 0 Å². The number of halogens is 2. The molecule has 4 amide bonds. The molecule has 0 saturated heterocycles. The third-order valence-corrected chi connectivity index (χ3v) is 7.56. The molecule has 2 aliphatic rings. The smallest absolute Gasteiger partial charge is 0.261 e. The predicted molar refractivity (Wildman–Crippen MR) is 158 cm³/mol. The van der Waals surface area contributed by atoms with Gasteiger partial charge in [-0.25, -0.2) is 0 Å². The molecule has 2 heterocycles. The minimum Gasteiger partial charge on any atom is -0.490 e. The number of para-hydroxylation sites is 2. The maximum absolute atomic E-state index is 13.0. The molecule has 0 N–H and O–H groups in total. The second-order valence-corrected chi connectivity index (χ2v) is 10.4. The molecule has 6 rings (SSSR count). The summed E-state index contributed by atoms with van der Waals surface area (Å²) in [5.74, 6) is -0.329. The SMILES string of the molecule is O=C1c2ccc(Oc3ccc4c(c3)C(=O)N(CCOc3ccccc3Cl)C4=O)cc2C(=O)N1CCOc1ccccc1Cl. The number of imide groups is 2. The Hall–Kier alpha value is -4.86. The molecule has 0 unspecified atom stereocenters. The van der Waals surface area contributed by atoms with Gasteiger partial charge in [-0.3, -0.25) is 29.0 Å². The monoisotopic (exact) mass is 616 g/mol. The Balaban J connectivity index is 1.10. The van der Waals surface area contributed by atoms with Crippen LogP contribution in [-0.4, -0.2) is 59.7 Å². The van der Waals surface area contributed by atoms with Crippen molar-refractivity contribution in [1.82, 2.24) is 9.80 Å².